The minimum absolute atomic E-state index is 0.153. The number of piperazine rings is 1. The van der Waals surface area contributed by atoms with Gasteiger partial charge in [0.2, 0.25) is 0 Å². The number of carbonyl (C=O) groups is 1. The highest BCUT2D eigenvalue weighted by Crippen LogP contribution is 2.42. The van der Waals surface area contributed by atoms with E-state index in [0.717, 1.165) is 45.0 Å². The van der Waals surface area contributed by atoms with E-state index in [4.69, 9.17) is 0 Å². The zero-order valence-corrected chi connectivity index (χ0v) is 18.7. The Morgan fingerprint density at radius 1 is 1.23 bits per heavy atom. The number of hydrogen-bond acceptors (Lipinski definition) is 7. The van der Waals surface area contributed by atoms with E-state index in [-0.39, 0.29) is 29.2 Å². The van der Waals surface area contributed by atoms with Crippen LogP contribution >= 0.6 is 11.5 Å². The number of halogens is 1. The molecule has 4 rings (SSSR count). The highest BCUT2D eigenvalue weighted by atomic mass is 32.1. The molecule has 9 heteroatoms. The molecule has 7 nitrogen and oxygen atoms in total. The van der Waals surface area contributed by atoms with Crippen molar-refractivity contribution in [2.24, 2.45) is 5.92 Å². The lowest BCUT2D eigenvalue weighted by Crippen LogP contribution is -2.47. The summed E-state index contributed by atoms with van der Waals surface area (Å²) in [5, 5.41) is 0.658. The van der Waals surface area contributed by atoms with Crippen molar-refractivity contribution < 1.29 is 9.18 Å². The second kappa shape index (κ2) is 8.64. The van der Waals surface area contributed by atoms with E-state index in [0.29, 0.717) is 23.7 Å². The Hall–Kier alpha value is -1.97. The summed E-state index contributed by atoms with van der Waals surface area (Å²) < 4.78 is 17.9. The lowest BCUT2D eigenvalue weighted by atomic mass is 9.88. The maximum atomic E-state index is 15.2. The molecule has 1 unspecified atom stereocenters. The molecule has 3 aliphatic rings. The number of fused-ring (bicyclic) bond motifs is 2. The predicted molar refractivity (Wildman–Crippen MR) is 118 cm³/mol. The van der Waals surface area contributed by atoms with Crippen LogP contribution in [0.4, 0.5) is 9.39 Å². The Labute approximate surface area is 180 Å². The third-order valence-electron chi connectivity index (χ3n) is 6.27. The Bertz CT molecular complexity index is 926. The fourth-order valence-corrected chi connectivity index (χ4v) is 5.46. The monoisotopic (exact) mass is 435 g/mol. The second-order valence-electron chi connectivity index (χ2n) is 8.40. The Morgan fingerprint density at radius 2 is 1.97 bits per heavy atom. The molecule has 1 N–H and O–H groups in total. The standard InChI is InChI=1S/C21H30FN5O2S/c1-4-27-16-13-17(26-11-9-25(10-12-26)8-7-24(2)3)15(22)6-5-14(16)19(28)18-20(29)23-30-21(18)27/h13-14H,4-12H2,1-3H3,(H,23,29). The second-order valence-corrected chi connectivity index (χ2v) is 9.20. The van der Waals surface area contributed by atoms with Crippen LogP contribution in [0.15, 0.2) is 28.1 Å². The third kappa shape index (κ3) is 3.86. The van der Waals surface area contributed by atoms with Gasteiger partial charge in [-0.3, -0.25) is 18.9 Å². The number of ketones is 1. The first kappa shape index (κ1) is 21.3. The van der Waals surface area contributed by atoms with Crippen molar-refractivity contribution in [3.63, 3.8) is 0 Å². The smallest absolute Gasteiger partial charge is 0.271 e. The van der Waals surface area contributed by atoms with Gasteiger partial charge in [-0.05, 0) is 45.0 Å². The largest absolute Gasteiger partial charge is 0.367 e. The molecular weight excluding hydrogens is 405 g/mol. The molecule has 1 aromatic heterocycles. The molecule has 0 bridgehead atoms. The van der Waals surface area contributed by atoms with Crippen LogP contribution in [-0.2, 0) is 0 Å². The van der Waals surface area contributed by atoms with Gasteiger partial charge in [-0.25, -0.2) is 4.39 Å². The summed E-state index contributed by atoms with van der Waals surface area (Å²) in [6.45, 7) is 7.99. The minimum Gasteiger partial charge on any atom is -0.367 e. The van der Waals surface area contributed by atoms with Gasteiger partial charge in [0.15, 0.2) is 5.78 Å². The zero-order valence-electron chi connectivity index (χ0n) is 17.9. The van der Waals surface area contributed by atoms with Crippen molar-refractivity contribution in [1.82, 2.24) is 19.1 Å². The number of aromatic nitrogens is 1. The van der Waals surface area contributed by atoms with E-state index in [1.165, 1.54) is 11.5 Å². The van der Waals surface area contributed by atoms with E-state index in [9.17, 15) is 9.59 Å². The number of rotatable bonds is 5. The van der Waals surface area contributed by atoms with Gasteiger partial charge in [0, 0.05) is 57.9 Å². The summed E-state index contributed by atoms with van der Waals surface area (Å²) in [6, 6.07) is 0. The van der Waals surface area contributed by atoms with Crippen molar-refractivity contribution in [3.8, 4) is 0 Å². The van der Waals surface area contributed by atoms with Gasteiger partial charge in [0.1, 0.15) is 16.4 Å². The van der Waals surface area contributed by atoms with E-state index in [1.807, 2.05) is 17.9 Å². The zero-order chi connectivity index (χ0) is 21.4. The average molecular weight is 436 g/mol. The number of aromatic amines is 1. The highest BCUT2D eigenvalue weighted by molar-refractivity contribution is 7.10. The van der Waals surface area contributed by atoms with E-state index >= 15 is 4.39 Å². The maximum Gasteiger partial charge on any atom is 0.271 e. The van der Waals surface area contributed by atoms with Crippen LogP contribution in [0.1, 0.15) is 30.1 Å². The van der Waals surface area contributed by atoms with Crippen molar-refractivity contribution in [2.45, 2.75) is 19.8 Å². The molecule has 1 fully saturated rings. The quantitative estimate of drug-likeness (QED) is 0.765. The normalized spacial score (nSPS) is 22.9. The number of anilines is 1. The molecule has 0 spiro atoms. The summed E-state index contributed by atoms with van der Waals surface area (Å²) in [7, 11) is 4.14. The average Bonchev–Trinajstić information content (AvgIpc) is 3.02. The van der Waals surface area contributed by atoms with Crippen molar-refractivity contribution in [1.29, 1.82) is 0 Å². The van der Waals surface area contributed by atoms with Crippen LogP contribution < -0.4 is 10.5 Å². The Balaban J connectivity index is 1.59. The maximum absolute atomic E-state index is 15.2. The number of hydrogen-bond donors (Lipinski definition) is 1. The van der Waals surface area contributed by atoms with Crippen LogP contribution in [0.2, 0.25) is 0 Å². The first-order chi connectivity index (χ1) is 14.4. The number of allylic oxidation sites excluding steroid dienone is 3. The molecule has 0 amide bonds. The fourth-order valence-electron chi connectivity index (χ4n) is 4.53. The van der Waals surface area contributed by atoms with Crippen LogP contribution in [0.25, 0.3) is 0 Å². The van der Waals surface area contributed by atoms with Gasteiger partial charge in [0.05, 0.1) is 11.6 Å². The van der Waals surface area contributed by atoms with Crippen molar-refractivity contribution in [3.05, 3.63) is 39.2 Å². The third-order valence-corrected chi connectivity index (χ3v) is 7.17. The van der Waals surface area contributed by atoms with Gasteiger partial charge in [-0.15, -0.1) is 0 Å². The van der Waals surface area contributed by atoms with E-state index < -0.39 is 5.92 Å². The molecule has 1 atom stereocenters. The van der Waals surface area contributed by atoms with Crippen molar-refractivity contribution in [2.75, 3.05) is 64.8 Å². The van der Waals surface area contributed by atoms with Gasteiger partial charge in [0.25, 0.3) is 5.56 Å². The highest BCUT2D eigenvalue weighted by Gasteiger charge is 2.40. The van der Waals surface area contributed by atoms with Crippen LogP contribution in [0.5, 0.6) is 0 Å². The fraction of sp³-hybridized carbons (Fsp3) is 0.619. The first-order valence-corrected chi connectivity index (χ1v) is 11.5. The number of Topliss-reactive ketones (excluding diaryl/α,β-unsaturated/α-hetero) is 1. The predicted octanol–water partition coefficient (Wildman–Crippen LogP) is 2.11. The molecule has 30 heavy (non-hydrogen) atoms. The van der Waals surface area contributed by atoms with E-state index in [2.05, 4.69) is 33.2 Å². The first-order valence-electron chi connectivity index (χ1n) is 10.7. The Kier molecular flexibility index (Phi) is 6.13. The van der Waals surface area contributed by atoms with Crippen LogP contribution in [-0.4, -0.2) is 84.8 Å². The summed E-state index contributed by atoms with van der Waals surface area (Å²) in [4.78, 5) is 34.0. The minimum atomic E-state index is -0.460. The molecule has 3 heterocycles. The number of nitrogens with zero attached hydrogens (tertiary/aromatic N) is 4. The molecule has 1 aliphatic carbocycles. The summed E-state index contributed by atoms with van der Waals surface area (Å²) in [6.07, 6.45) is 2.49. The number of carbonyl (C=O) groups excluding carboxylic acids is 1. The van der Waals surface area contributed by atoms with Crippen LogP contribution in [0.3, 0.4) is 0 Å². The van der Waals surface area contributed by atoms with Gasteiger partial charge in [-0.1, -0.05) is 0 Å². The Morgan fingerprint density at radius 3 is 2.63 bits per heavy atom. The number of H-pyrrole nitrogens is 1. The number of nitrogens with one attached hydrogen (secondary N) is 1. The van der Waals surface area contributed by atoms with Gasteiger partial charge in [-0.2, -0.15) is 0 Å². The van der Waals surface area contributed by atoms with Gasteiger partial charge >= 0.3 is 0 Å². The van der Waals surface area contributed by atoms with Crippen molar-refractivity contribution >= 4 is 22.3 Å². The summed E-state index contributed by atoms with van der Waals surface area (Å²) >= 11 is 1.19. The van der Waals surface area contributed by atoms with Gasteiger partial charge < -0.3 is 14.7 Å². The SMILES string of the molecule is CCN1C2=CC(N3CCN(CCN(C)C)CC3)=C(F)CCC2C(=O)c2c1s[nH]c2=O. The molecule has 164 valence electrons. The molecule has 1 aromatic rings. The number of likely N-dealkylation sites (N-methyl/N-ethyl adjacent to an activating group) is 1. The molecule has 2 aliphatic heterocycles. The molecular formula is C21H30FN5O2S. The molecule has 0 radical (unpaired) electrons. The lowest BCUT2D eigenvalue weighted by Gasteiger charge is -2.38. The molecule has 0 aromatic carbocycles. The summed E-state index contributed by atoms with van der Waals surface area (Å²) in [5.74, 6) is -0.788. The lowest BCUT2D eigenvalue weighted by molar-refractivity contribution is 0.0927. The van der Waals surface area contributed by atoms with Crippen LogP contribution in [0, 0.1) is 5.92 Å². The topological polar surface area (TPSA) is 62.9 Å². The van der Waals surface area contributed by atoms with E-state index in [1.54, 1.807) is 0 Å². The summed E-state index contributed by atoms with van der Waals surface area (Å²) in [5.41, 5.74) is 1.34. The molecule has 0 saturated carbocycles. The molecule has 1 saturated heterocycles.